The summed E-state index contributed by atoms with van der Waals surface area (Å²) in [6, 6.07) is 0. The molecule has 0 aliphatic heterocycles. The lowest BCUT2D eigenvalue weighted by Gasteiger charge is -2.19. The summed E-state index contributed by atoms with van der Waals surface area (Å²) in [4.78, 5) is 11.0. The smallest absolute Gasteiger partial charge is 0.457 e. The van der Waals surface area contributed by atoms with Gasteiger partial charge in [0, 0.05) is 19.3 Å². The number of ether oxygens (including phenoxy) is 1. The quantitative estimate of drug-likeness (QED) is 0.337. The number of esters is 1. The molecular formula is C11H22O5Si. The maximum absolute atomic E-state index is 11.0. The molecule has 0 aromatic rings. The van der Waals surface area contributed by atoms with Gasteiger partial charge in [-0.25, -0.2) is 4.79 Å². The Bertz CT molecular complexity index is 216. The molecule has 0 aliphatic carbocycles. The lowest BCUT2D eigenvalue weighted by atomic mass is 10.3. The van der Waals surface area contributed by atoms with E-state index in [0.717, 1.165) is 6.08 Å². The molecule has 1 unspecified atom stereocenters. The molecule has 5 nitrogen and oxygen atoms in total. The van der Waals surface area contributed by atoms with E-state index in [0.29, 0.717) is 26.2 Å². The van der Waals surface area contributed by atoms with Gasteiger partial charge in [0.2, 0.25) is 0 Å². The second kappa shape index (κ2) is 10.5. The summed E-state index contributed by atoms with van der Waals surface area (Å²) in [5, 5.41) is 0. The number of carbonyl (C=O) groups excluding carboxylic acids is 1. The van der Waals surface area contributed by atoms with E-state index in [1.54, 1.807) is 0 Å². The molecule has 0 spiro atoms. The van der Waals surface area contributed by atoms with Crippen LogP contribution >= 0.6 is 0 Å². The normalized spacial score (nSPS) is 12.5. The predicted molar refractivity (Wildman–Crippen MR) is 66.7 cm³/mol. The standard InChI is InChI=1S/C11H22O5Si/c1-5-10(16-11(12)6-2)9-15-17(13-7-3)14-8-4/h6,10,17H,2,5,7-9H2,1,3-4H3. The van der Waals surface area contributed by atoms with E-state index in [4.69, 9.17) is 18.0 Å². The van der Waals surface area contributed by atoms with Crippen molar-refractivity contribution in [2.75, 3.05) is 19.8 Å². The Morgan fingerprint density at radius 1 is 1.24 bits per heavy atom. The lowest BCUT2D eigenvalue weighted by Crippen LogP contribution is -2.32. The Labute approximate surface area is 105 Å². The largest absolute Gasteiger partial charge is 0.484 e. The zero-order chi connectivity index (χ0) is 13.1. The summed E-state index contributed by atoms with van der Waals surface area (Å²) >= 11 is 0. The van der Waals surface area contributed by atoms with Crippen LogP contribution in [0.3, 0.4) is 0 Å². The molecule has 0 aromatic heterocycles. The third-order valence-electron chi connectivity index (χ3n) is 1.93. The topological polar surface area (TPSA) is 54.0 Å². The van der Waals surface area contributed by atoms with Gasteiger partial charge in [-0.2, -0.15) is 0 Å². The Balaban J connectivity index is 4.00. The van der Waals surface area contributed by atoms with Gasteiger partial charge in [-0.1, -0.05) is 13.5 Å². The SMILES string of the molecule is C=CC(=O)OC(CC)CO[SiH](OCC)OCC. The fourth-order valence-corrected chi connectivity index (χ4v) is 2.25. The third-order valence-corrected chi connectivity index (χ3v) is 3.60. The monoisotopic (exact) mass is 262 g/mol. The molecule has 0 aliphatic rings. The molecular weight excluding hydrogens is 240 g/mol. The Kier molecular flexibility index (Phi) is 10.0. The molecule has 0 amide bonds. The van der Waals surface area contributed by atoms with Crippen molar-refractivity contribution in [3.05, 3.63) is 12.7 Å². The fraction of sp³-hybridized carbons (Fsp3) is 0.727. The van der Waals surface area contributed by atoms with Crippen molar-refractivity contribution in [3.8, 4) is 0 Å². The first-order chi connectivity index (χ1) is 8.17. The van der Waals surface area contributed by atoms with Crippen molar-refractivity contribution < 1.29 is 22.8 Å². The molecule has 0 rings (SSSR count). The molecule has 0 radical (unpaired) electrons. The summed E-state index contributed by atoms with van der Waals surface area (Å²) < 4.78 is 21.3. The van der Waals surface area contributed by atoms with Crippen LogP contribution < -0.4 is 0 Å². The molecule has 100 valence electrons. The molecule has 0 N–H and O–H groups in total. The minimum absolute atomic E-state index is 0.281. The minimum Gasteiger partial charge on any atom is -0.457 e. The van der Waals surface area contributed by atoms with E-state index in [1.165, 1.54) is 0 Å². The lowest BCUT2D eigenvalue weighted by molar-refractivity contribution is -0.145. The van der Waals surface area contributed by atoms with E-state index in [-0.39, 0.29) is 6.10 Å². The number of hydrogen-bond acceptors (Lipinski definition) is 5. The van der Waals surface area contributed by atoms with Crippen molar-refractivity contribution in [1.29, 1.82) is 0 Å². The van der Waals surface area contributed by atoms with Crippen molar-refractivity contribution in [1.82, 2.24) is 0 Å². The number of rotatable bonds is 10. The summed E-state index contributed by atoms with van der Waals surface area (Å²) in [7, 11) is -2.08. The first-order valence-corrected chi connectivity index (χ1v) is 7.27. The van der Waals surface area contributed by atoms with Gasteiger partial charge in [-0.15, -0.1) is 0 Å². The summed E-state index contributed by atoms with van der Waals surface area (Å²) in [6.45, 7) is 10.4. The van der Waals surface area contributed by atoms with Gasteiger partial charge in [0.15, 0.2) is 0 Å². The summed E-state index contributed by atoms with van der Waals surface area (Å²) in [5.74, 6) is -0.438. The summed E-state index contributed by atoms with van der Waals surface area (Å²) in [6.07, 6.45) is 1.54. The first-order valence-electron chi connectivity index (χ1n) is 5.85. The van der Waals surface area contributed by atoms with Crippen LogP contribution in [-0.4, -0.2) is 41.4 Å². The van der Waals surface area contributed by atoms with E-state index in [9.17, 15) is 4.79 Å². The second-order valence-corrected chi connectivity index (χ2v) is 4.78. The summed E-state index contributed by atoms with van der Waals surface area (Å²) in [5.41, 5.74) is 0. The highest BCUT2D eigenvalue weighted by Crippen LogP contribution is 2.02. The Hall–Kier alpha value is -0.693. The van der Waals surface area contributed by atoms with Crippen molar-refractivity contribution in [2.45, 2.75) is 33.3 Å². The van der Waals surface area contributed by atoms with Gasteiger partial charge < -0.3 is 18.0 Å². The first kappa shape index (κ1) is 16.3. The van der Waals surface area contributed by atoms with E-state index < -0.39 is 15.5 Å². The maximum atomic E-state index is 11.0. The van der Waals surface area contributed by atoms with E-state index >= 15 is 0 Å². The van der Waals surface area contributed by atoms with Crippen LogP contribution in [0.2, 0.25) is 0 Å². The molecule has 0 heterocycles. The predicted octanol–water partition coefficient (Wildman–Crippen LogP) is 1.30. The molecule has 0 fully saturated rings. The van der Waals surface area contributed by atoms with Crippen LogP contribution in [0.1, 0.15) is 27.2 Å². The van der Waals surface area contributed by atoms with Crippen LogP contribution in [0, 0.1) is 0 Å². The third kappa shape index (κ3) is 8.09. The molecule has 0 bridgehead atoms. The van der Waals surface area contributed by atoms with E-state index in [2.05, 4.69) is 6.58 Å². The van der Waals surface area contributed by atoms with Gasteiger partial charge in [0.25, 0.3) is 0 Å². The average Bonchev–Trinajstić information content (AvgIpc) is 2.34. The molecule has 0 saturated heterocycles. The van der Waals surface area contributed by atoms with Gasteiger partial charge in [0.1, 0.15) is 6.10 Å². The molecule has 17 heavy (non-hydrogen) atoms. The average molecular weight is 262 g/mol. The Morgan fingerprint density at radius 3 is 2.24 bits per heavy atom. The van der Waals surface area contributed by atoms with Crippen LogP contribution in [0.15, 0.2) is 12.7 Å². The maximum Gasteiger partial charge on any atom is 0.484 e. The van der Waals surface area contributed by atoms with Gasteiger partial charge in [-0.05, 0) is 20.3 Å². The van der Waals surface area contributed by atoms with Crippen molar-refractivity contribution in [2.24, 2.45) is 0 Å². The van der Waals surface area contributed by atoms with Crippen LogP contribution in [-0.2, 0) is 22.8 Å². The van der Waals surface area contributed by atoms with Crippen molar-refractivity contribution in [3.63, 3.8) is 0 Å². The second-order valence-electron chi connectivity index (χ2n) is 3.20. The minimum atomic E-state index is -2.08. The zero-order valence-corrected chi connectivity index (χ0v) is 12.0. The van der Waals surface area contributed by atoms with Gasteiger partial charge >= 0.3 is 15.5 Å². The fourth-order valence-electron chi connectivity index (χ4n) is 1.05. The van der Waals surface area contributed by atoms with Crippen LogP contribution in [0.25, 0.3) is 0 Å². The van der Waals surface area contributed by atoms with Crippen LogP contribution in [0.4, 0.5) is 0 Å². The highest BCUT2D eigenvalue weighted by molar-refractivity contribution is 6.36. The van der Waals surface area contributed by atoms with Gasteiger partial charge in [-0.3, -0.25) is 0 Å². The number of hydrogen-bond donors (Lipinski definition) is 0. The van der Waals surface area contributed by atoms with Crippen molar-refractivity contribution >= 4 is 15.5 Å². The van der Waals surface area contributed by atoms with Crippen LogP contribution in [0.5, 0.6) is 0 Å². The highest BCUT2D eigenvalue weighted by Gasteiger charge is 2.18. The zero-order valence-electron chi connectivity index (χ0n) is 10.8. The molecule has 0 saturated carbocycles. The molecule has 1 atom stereocenters. The number of carbonyl (C=O) groups is 1. The van der Waals surface area contributed by atoms with Gasteiger partial charge in [0.05, 0.1) is 6.61 Å². The Morgan fingerprint density at radius 2 is 1.82 bits per heavy atom. The highest BCUT2D eigenvalue weighted by atomic mass is 28.3. The van der Waals surface area contributed by atoms with E-state index in [1.807, 2.05) is 20.8 Å². The molecule has 6 heteroatoms. The molecule has 0 aromatic carbocycles.